The van der Waals surface area contributed by atoms with E-state index in [0.717, 1.165) is 48.2 Å². The van der Waals surface area contributed by atoms with Gasteiger partial charge in [0.25, 0.3) is 0 Å². The first-order valence-corrected chi connectivity index (χ1v) is 11.3. The van der Waals surface area contributed by atoms with Gasteiger partial charge in [-0.15, -0.1) is 0 Å². The van der Waals surface area contributed by atoms with E-state index >= 15 is 0 Å². The summed E-state index contributed by atoms with van der Waals surface area (Å²) in [5.74, 6) is 0.624. The fraction of sp³-hybridized carbons (Fsp3) is 0.333. The molecule has 2 aromatic heterocycles. The first kappa shape index (κ1) is 20.2. The summed E-state index contributed by atoms with van der Waals surface area (Å²) in [5, 5.41) is 11.6. The van der Waals surface area contributed by atoms with Gasteiger partial charge >= 0.3 is 5.97 Å². The van der Waals surface area contributed by atoms with Gasteiger partial charge in [-0.05, 0) is 56.4 Å². The molecule has 6 heteroatoms. The highest BCUT2D eigenvalue weighted by atomic mass is 16.5. The average molecular weight is 443 g/mol. The minimum Gasteiger partial charge on any atom is -0.493 e. The number of nitrogens with zero attached hydrogens (tertiary/aromatic N) is 1. The Hall–Kier alpha value is -3.38. The molecule has 0 bridgehead atoms. The molecule has 3 heterocycles. The molecule has 6 rings (SSSR count). The van der Waals surface area contributed by atoms with Crippen molar-refractivity contribution in [3.63, 3.8) is 0 Å². The molecule has 1 aliphatic heterocycles. The SMILES string of the molecule is Cc1c(-c2cc(C(=O)O)c3c(OCC4CC5(COC5)C4)ccc(C)c3n2)oc2ccccc12. The van der Waals surface area contributed by atoms with Crippen molar-refractivity contribution in [2.45, 2.75) is 26.7 Å². The third-order valence-electron chi connectivity index (χ3n) is 7.17. The average Bonchev–Trinajstić information content (AvgIpc) is 3.09. The van der Waals surface area contributed by atoms with Crippen LogP contribution in [0.3, 0.4) is 0 Å². The number of benzene rings is 2. The molecule has 0 atom stereocenters. The van der Waals surface area contributed by atoms with Gasteiger partial charge < -0.3 is 19.0 Å². The fourth-order valence-electron chi connectivity index (χ4n) is 5.38. The molecular weight excluding hydrogens is 418 g/mol. The molecule has 2 fully saturated rings. The quantitative estimate of drug-likeness (QED) is 0.422. The Morgan fingerprint density at radius 2 is 1.97 bits per heavy atom. The topological polar surface area (TPSA) is 81.8 Å². The number of para-hydroxylation sites is 1. The van der Waals surface area contributed by atoms with Crippen molar-refractivity contribution in [3.05, 3.63) is 59.2 Å². The molecule has 4 aromatic rings. The van der Waals surface area contributed by atoms with Crippen LogP contribution in [0.4, 0.5) is 0 Å². The molecule has 1 spiro atoms. The number of ether oxygens (including phenoxy) is 2. The number of carboxylic acids is 1. The number of hydrogen-bond donors (Lipinski definition) is 1. The molecule has 1 N–H and O–H groups in total. The lowest BCUT2D eigenvalue weighted by Gasteiger charge is -2.53. The summed E-state index contributed by atoms with van der Waals surface area (Å²) in [6.07, 6.45) is 2.21. The van der Waals surface area contributed by atoms with Crippen LogP contribution < -0.4 is 4.74 Å². The van der Waals surface area contributed by atoms with Gasteiger partial charge in [0.1, 0.15) is 17.0 Å². The van der Waals surface area contributed by atoms with Crippen LogP contribution in [0.1, 0.15) is 34.3 Å². The lowest BCUT2D eigenvalue weighted by Crippen LogP contribution is -2.53. The third-order valence-corrected chi connectivity index (χ3v) is 7.17. The van der Waals surface area contributed by atoms with Crippen molar-refractivity contribution in [1.29, 1.82) is 0 Å². The molecule has 6 nitrogen and oxygen atoms in total. The van der Waals surface area contributed by atoms with Crippen LogP contribution in [0.2, 0.25) is 0 Å². The predicted octanol–water partition coefficient (Wildman–Crippen LogP) is 5.77. The Balaban J connectivity index is 1.41. The molecule has 0 amide bonds. The van der Waals surface area contributed by atoms with Crippen molar-refractivity contribution in [2.24, 2.45) is 11.3 Å². The first-order chi connectivity index (χ1) is 15.9. The van der Waals surface area contributed by atoms with Crippen LogP contribution in [-0.4, -0.2) is 35.9 Å². The van der Waals surface area contributed by atoms with Gasteiger partial charge in [0.15, 0.2) is 5.76 Å². The van der Waals surface area contributed by atoms with E-state index in [0.29, 0.717) is 46.0 Å². The first-order valence-electron chi connectivity index (χ1n) is 11.3. The Bertz CT molecular complexity index is 1410. The van der Waals surface area contributed by atoms with Gasteiger partial charge in [-0.25, -0.2) is 9.78 Å². The summed E-state index contributed by atoms with van der Waals surface area (Å²) in [5.41, 5.74) is 4.27. The summed E-state index contributed by atoms with van der Waals surface area (Å²) in [6.45, 7) is 6.19. The number of furan rings is 1. The van der Waals surface area contributed by atoms with Gasteiger partial charge in [-0.3, -0.25) is 0 Å². The van der Waals surface area contributed by atoms with Gasteiger partial charge in [0, 0.05) is 16.4 Å². The number of aryl methyl sites for hydroxylation is 2. The fourth-order valence-corrected chi connectivity index (χ4v) is 5.38. The van der Waals surface area contributed by atoms with E-state index in [1.165, 1.54) is 0 Å². The second kappa shape index (κ2) is 7.32. The number of aromatic nitrogens is 1. The molecule has 2 aliphatic rings. The summed E-state index contributed by atoms with van der Waals surface area (Å²) in [6, 6.07) is 13.2. The van der Waals surface area contributed by atoms with Crippen LogP contribution in [0.15, 0.2) is 46.9 Å². The zero-order valence-electron chi connectivity index (χ0n) is 18.7. The monoisotopic (exact) mass is 443 g/mol. The van der Waals surface area contributed by atoms with Crippen LogP contribution in [0.5, 0.6) is 5.75 Å². The number of hydrogen-bond acceptors (Lipinski definition) is 5. The standard InChI is InChI=1S/C27H25NO5/c1-15-7-8-22(32-12-17-10-27(11-17)13-31-14-27)23-19(26(29)30)9-20(28-24(15)23)25-16(2)18-5-3-4-6-21(18)33-25/h3-9,17H,10-14H2,1-2H3,(H,29,30). The van der Waals surface area contributed by atoms with Gasteiger partial charge in [0.2, 0.25) is 0 Å². The van der Waals surface area contributed by atoms with Crippen molar-refractivity contribution in [2.75, 3.05) is 19.8 Å². The Morgan fingerprint density at radius 3 is 2.67 bits per heavy atom. The number of fused-ring (bicyclic) bond motifs is 2. The van der Waals surface area contributed by atoms with E-state index in [1.54, 1.807) is 6.07 Å². The molecule has 2 aromatic carbocycles. The van der Waals surface area contributed by atoms with Gasteiger partial charge in [0.05, 0.1) is 36.3 Å². The van der Waals surface area contributed by atoms with E-state index in [2.05, 4.69) is 0 Å². The lowest BCUT2D eigenvalue weighted by atomic mass is 9.61. The van der Waals surface area contributed by atoms with Crippen molar-refractivity contribution >= 4 is 27.8 Å². The second-order valence-corrected chi connectivity index (χ2v) is 9.59. The zero-order valence-corrected chi connectivity index (χ0v) is 18.7. The maximum absolute atomic E-state index is 12.3. The highest BCUT2D eigenvalue weighted by Crippen LogP contribution is 2.51. The summed E-state index contributed by atoms with van der Waals surface area (Å²) >= 11 is 0. The molecule has 1 saturated heterocycles. The highest BCUT2D eigenvalue weighted by Gasteiger charge is 2.49. The Labute approximate surface area is 191 Å². The van der Waals surface area contributed by atoms with Gasteiger partial charge in [-0.1, -0.05) is 24.3 Å². The predicted molar refractivity (Wildman–Crippen MR) is 125 cm³/mol. The van der Waals surface area contributed by atoms with E-state index in [9.17, 15) is 9.90 Å². The van der Waals surface area contributed by atoms with Gasteiger partial charge in [-0.2, -0.15) is 0 Å². The normalized spacial score (nSPS) is 17.3. The molecular formula is C27H25NO5. The Morgan fingerprint density at radius 1 is 1.18 bits per heavy atom. The summed E-state index contributed by atoms with van der Waals surface area (Å²) < 4.78 is 17.6. The molecule has 168 valence electrons. The number of pyridine rings is 1. The molecule has 0 unspecified atom stereocenters. The number of carboxylic acid groups (broad SMARTS) is 1. The smallest absolute Gasteiger partial charge is 0.336 e. The van der Waals surface area contributed by atoms with E-state index in [-0.39, 0.29) is 5.56 Å². The molecule has 1 saturated carbocycles. The van der Waals surface area contributed by atoms with Crippen LogP contribution in [-0.2, 0) is 4.74 Å². The minimum atomic E-state index is -1.01. The highest BCUT2D eigenvalue weighted by molar-refractivity contribution is 6.07. The van der Waals surface area contributed by atoms with E-state index < -0.39 is 5.97 Å². The third kappa shape index (κ3) is 3.20. The maximum atomic E-state index is 12.3. The van der Waals surface area contributed by atoms with Crippen molar-refractivity contribution < 1.29 is 23.8 Å². The van der Waals surface area contributed by atoms with Crippen LogP contribution in [0.25, 0.3) is 33.3 Å². The second-order valence-electron chi connectivity index (χ2n) is 9.59. The van der Waals surface area contributed by atoms with Crippen molar-refractivity contribution in [1.82, 2.24) is 4.98 Å². The molecule has 33 heavy (non-hydrogen) atoms. The molecule has 0 radical (unpaired) electrons. The van der Waals surface area contributed by atoms with E-state index in [4.69, 9.17) is 18.9 Å². The minimum absolute atomic E-state index is 0.172. The number of aromatic carboxylic acids is 1. The molecule has 1 aliphatic carbocycles. The number of carbonyl (C=O) groups is 1. The lowest BCUT2D eigenvalue weighted by molar-refractivity contribution is -0.182. The largest absolute Gasteiger partial charge is 0.493 e. The summed E-state index contributed by atoms with van der Waals surface area (Å²) in [4.78, 5) is 17.2. The van der Waals surface area contributed by atoms with Crippen LogP contribution >= 0.6 is 0 Å². The summed E-state index contributed by atoms with van der Waals surface area (Å²) in [7, 11) is 0. The van der Waals surface area contributed by atoms with Crippen molar-refractivity contribution in [3.8, 4) is 17.2 Å². The van der Waals surface area contributed by atoms with E-state index in [1.807, 2.05) is 50.2 Å². The Kier molecular flexibility index (Phi) is 4.49. The van der Waals surface area contributed by atoms with Crippen LogP contribution in [0, 0.1) is 25.2 Å². The maximum Gasteiger partial charge on any atom is 0.336 e. The number of rotatable bonds is 5. The zero-order chi connectivity index (χ0) is 22.7.